The van der Waals surface area contributed by atoms with Crippen LogP contribution in [0.5, 0.6) is 0 Å². The predicted molar refractivity (Wildman–Crippen MR) is 86.0 cm³/mol. The van der Waals surface area contributed by atoms with E-state index in [9.17, 15) is 4.79 Å². The van der Waals surface area contributed by atoms with E-state index in [2.05, 4.69) is 45.3 Å². The Labute approximate surface area is 136 Å². The maximum absolute atomic E-state index is 11.6. The first-order valence-electron chi connectivity index (χ1n) is 6.53. The second-order valence-electron chi connectivity index (χ2n) is 4.87. The van der Waals surface area contributed by atoms with Gasteiger partial charge in [0.25, 0.3) is 5.22 Å². The van der Waals surface area contributed by atoms with Gasteiger partial charge in [-0.05, 0) is 30.2 Å². The van der Waals surface area contributed by atoms with Crippen LogP contribution < -0.4 is 5.32 Å². The summed E-state index contributed by atoms with van der Waals surface area (Å²) < 4.78 is 6.52. The highest BCUT2D eigenvalue weighted by molar-refractivity contribution is 9.10. The molecule has 0 radical (unpaired) electrons. The van der Waals surface area contributed by atoms with Gasteiger partial charge in [-0.2, -0.15) is 0 Å². The van der Waals surface area contributed by atoms with Crippen molar-refractivity contribution < 1.29 is 9.21 Å². The fourth-order valence-electron chi connectivity index (χ4n) is 1.47. The fourth-order valence-corrected chi connectivity index (χ4v) is 2.33. The molecule has 1 amide bonds. The third-order valence-corrected chi connectivity index (χ3v) is 3.88. The van der Waals surface area contributed by atoms with Gasteiger partial charge >= 0.3 is 0 Å². The van der Waals surface area contributed by atoms with Gasteiger partial charge in [0.2, 0.25) is 11.8 Å². The first-order valence-corrected chi connectivity index (χ1v) is 8.31. The molecule has 1 aromatic heterocycles. The van der Waals surface area contributed by atoms with Crippen LogP contribution in [0, 0.1) is 5.92 Å². The third-order valence-electron chi connectivity index (χ3n) is 2.53. The first kappa shape index (κ1) is 16.0. The Kier molecular flexibility index (Phi) is 5.81. The number of nitrogens with one attached hydrogen (secondary N) is 1. The van der Waals surface area contributed by atoms with E-state index >= 15 is 0 Å². The summed E-state index contributed by atoms with van der Waals surface area (Å²) in [6.07, 6.45) is 0. The van der Waals surface area contributed by atoms with Crippen LogP contribution in [-0.2, 0) is 4.79 Å². The quantitative estimate of drug-likeness (QED) is 0.790. The lowest BCUT2D eigenvalue weighted by molar-refractivity contribution is -0.118. The molecule has 0 saturated heterocycles. The molecule has 0 saturated carbocycles. The number of hydrogen-bond donors (Lipinski definition) is 1. The number of thioether (sulfide) groups is 1. The van der Waals surface area contributed by atoms with E-state index in [1.807, 2.05) is 24.3 Å². The van der Waals surface area contributed by atoms with E-state index in [0.29, 0.717) is 23.6 Å². The second kappa shape index (κ2) is 7.61. The Hall–Kier alpha value is -1.34. The number of carbonyl (C=O) groups excluding carboxylic acids is 1. The molecule has 21 heavy (non-hydrogen) atoms. The molecule has 0 aliphatic carbocycles. The molecule has 0 aliphatic rings. The number of halogens is 1. The van der Waals surface area contributed by atoms with Gasteiger partial charge in [0.15, 0.2) is 0 Å². The Morgan fingerprint density at radius 3 is 2.71 bits per heavy atom. The van der Waals surface area contributed by atoms with Crippen LogP contribution in [0.4, 0.5) is 0 Å². The number of hydrogen-bond acceptors (Lipinski definition) is 5. The average Bonchev–Trinajstić information content (AvgIpc) is 2.92. The summed E-state index contributed by atoms with van der Waals surface area (Å²) in [4.78, 5) is 11.6. The molecule has 5 nitrogen and oxygen atoms in total. The van der Waals surface area contributed by atoms with E-state index in [1.54, 1.807) is 0 Å². The molecule has 1 heterocycles. The van der Waals surface area contributed by atoms with E-state index in [0.717, 1.165) is 10.0 Å². The molecule has 112 valence electrons. The average molecular weight is 370 g/mol. The van der Waals surface area contributed by atoms with Crippen LogP contribution in [0.25, 0.3) is 11.5 Å². The first-order chi connectivity index (χ1) is 10.0. The Balaban J connectivity index is 1.88. The summed E-state index contributed by atoms with van der Waals surface area (Å²) in [5.74, 6) is 1.13. The highest BCUT2D eigenvalue weighted by Crippen LogP contribution is 2.24. The van der Waals surface area contributed by atoms with Crippen molar-refractivity contribution in [1.82, 2.24) is 15.5 Å². The smallest absolute Gasteiger partial charge is 0.277 e. The van der Waals surface area contributed by atoms with Crippen molar-refractivity contribution in [3.05, 3.63) is 28.7 Å². The number of carbonyl (C=O) groups is 1. The van der Waals surface area contributed by atoms with Gasteiger partial charge in [0, 0.05) is 16.6 Å². The summed E-state index contributed by atoms with van der Waals surface area (Å²) in [6.45, 7) is 4.78. The molecule has 7 heteroatoms. The van der Waals surface area contributed by atoms with Crippen molar-refractivity contribution in [3.8, 4) is 11.5 Å². The monoisotopic (exact) mass is 369 g/mol. The molecule has 0 aliphatic heterocycles. The SMILES string of the molecule is CC(C)CNC(=O)CSc1nnc(-c2ccc(Br)cc2)o1. The summed E-state index contributed by atoms with van der Waals surface area (Å²) in [7, 11) is 0. The molecule has 1 N–H and O–H groups in total. The Morgan fingerprint density at radius 1 is 1.33 bits per heavy atom. The summed E-state index contributed by atoms with van der Waals surface area (Å²) in [5.41, 5.74) is 0.849. The van der Waals surface area contributed by atoms with E-state index in [-0.39, 0.29) is 11.7 Å². The number of amides is 1. The van der Waals surface area contributed by atoms with E-state index < -0.39 is 0 Å². The lowest BCUT2D eigenvalue weighted by atomic mass is 10.2. The molecule has 0 atom stereocenters. The van der Waals surface area contributed by atoms with Crippen LogP contribution in [0.15, 0.2) is 38.4 Å². The van der Waals surface area contributed by atoms with Gasteiger partial charge in [0.1, 0.15) is 0 Å². The highest BCUT2D eigenvalue weighted by atomic mass is 79.9. The molecule has 0 spiro atoms. The molecular weight excluding hydrogens is 354 g/mol. The zero-order valence-corrected chi connectivity index (χ0v) is 14.2. The van der Waals surface area contributed by atoms with Crippen molar-refractivity contribution in [2.45, 2.75) is 19.1 Å². The topological polar surface area (TPSA) is 68.0 Å². The summed E-state index contributed by atoms with van der Waals surface area (Å²) in [6, 6.07) is 7.60. The number of rotatable bonds is 6. The van der Waals surface area contributed by atoms with Gasteiger partial charge < -0.3 is 9.73 Å². The molecular formula is C14H16BrN3O2S. The van der Waals surface area contributed by atoms with Crippen LogP contribution in [0.1, 0.15) is 13.8 Å². The van der Waals surface area contributed by atoms with Crippen molar-refractivity contribution >= 4 is 33.6 Å². The number of aromatic nitrogens is 2. The second-order valence-corrected chi connectivity index (χ2v) is 6.71. The maximum atomic E-state index is 11.6. The minimum absolute atomic E-state index is 0.0305. The minimum atomic E-state index is -0.0305. The van der Waals surface area contributed by atoms with Crippen molar-refractivity contribution in [2.75, 3.05) is 12.3 Å². The zero-order chi connectivity index (χ0) is 15.2. The van der Waals surface area contributed by atoms with Crippen LogP contribution >= 0.6 is 27.7 Å². The maximum Gasteiger partial charge on any atom is 0.277 e. The lowest BCUT2D eigenvalue weighted by Gasteiger charge is -2.05. The van der Waals surface area contributed by atoms with E-state index in [4.69, 9.17) is 4.42 Å². The molecule has 2 aromatic rings. The number of benzene rings is 1. The van der Waals surface area contributed by atoms with Gasteiger partial charge in [-0.3, -0.25) is 4.79 Å². The van der Waals surface area contributed by atoms with Crippen LogP contribution in [0.2, 0.25) is 0 Å². The zero-order valence-electron chi connectivity index (χ0n) is 11.8. The summed E-state index contributed by atoms with van der Waals surface area (Å²) >= 11 is 4.61. The van der Waals surface area contributed by atoms with Gasteiger partial charge in [-0.1, -0.05) is 41.5 Å². The lowest BCUT2D eigenvalue weighted by Crippen LogP contribution is -2.28. The standard InChI is InChI=1S/C14H16BrN3O2S/c1-9(2)7-16-12(19)8-21-14-18-17-13(20-14)10-3-5-11(15)6-4-10/h3-6,9H,7-8H2,1-2H3,(H,16,19). The molecule has 0 bridgehead atoms. The van der Waals surface area contributed by atoms with Gasteiger partial charge in [0.05, 0.1) is 5.75 Å². The third kappa shape index (κ3) is 5.17. The van der Waals surface area contributed by atoms with Crippen molar-refractivity contribution in [2.24, 2.45) is 5.92 Å². The Bertz CT molecular complexity index is 599. The number of nitrogens with zero attached hydrogens (tertiary/aromatic N) is 2. The molecule has 0 unspecified atom stereocenters. The minimum Gasteiger partial charge on any atom is -0.411 e. The van der Waals surface area contributed by atoms with E-state index in [1.165, 1.54) is 11.8 Å². The fraction of sp³-hybridized carbons (Fsp3) is 0.357. The molecule has 1 aromatic carbocycles. The molecule has 0 fully saturated rings. The van der Waals surface area contributed by atoms with Gasteiger partial charge in [-0.15, -0.1) is 10.2 Å². The van der Waals surface area contributed by atoms with Crippen LogP contribution in [0.3, 0.4) is 0 Å². The van der Waals surface area contributed by atoms with Crippen LogP contribution in [-0.4, -0.2) is 28.4 Å². The normalized spacial score (nSPS) is 10.9. The summed E-state index contributed by atoms with van der Waals surface area (Å²) in [5, 5.41) is 11.2. The van der Waals surface area contributed by atoms with Gasteiger partial charge in [-0.25, -0.2) is 0 Å². The highest BCUT2D eigenvalue weighted by Gasteiger charge is 2.11. The largest absolute Gasteiger partial charge is 0.411 e. The predicted octanol–water partition coefficient (Wildman–Crippen LogP) is 3.36. The molecule has 2 rings (SSSR count). The van der Waals surface area contributed by atoms with Crippen molar-refractivity contribution in [3.63, 3.8) is 0 Å². The Morgan fingerprint density at radius 2 is 2.05 bits per heavy atom. The van der Waals surface area contributed by atoms with Crippen molar-refractivity contribution in [1.29, 1.82) is 0 Å².